The summed E-state index contributed by atoms with van der Waals surface area (Å²) >= 11 is 6.00. The fourth-order valence-corrected chi connectivity index (χ4v) is 6.01. The van der Waals surface area contributed by atoms with Crippen LogP contribution >= 0.6 is 11.6 Å². The number of morpholine rings is 1. The van der Waals surface area contributed by atoms with Crippen LogP contribution in [-0.4, -0.2) is 74.0 Å². The van der Waals surface area contributed by atoms with Crippen molar-refractivity contribution in [1.29, 1.82) is 0 Å². The molecule has 178 valence electrons. The lowest BCUT2D eigenvalue weighted by atomic mass is 10.1. The van der Waals surface area contributed by atoms with E-state index in [2.05, 4.69) is 4.72 Å². The Kier molecular flexibility index (Phi) is 6.68. The molecule has 2 fully saturated rings. The van der Waals surface area contributed by atoms with Crippen molar-refractivity contribution in [3.63, 3.8) is 0 Å². The van der Waals surface area contributed by atoms with Crippen molar-refractivity contribution in [1.82, 2.24) is 14.5 Å². The minimum atomic E-state index is -3.92. The first-order chi connectivity index (χ1) is 15.5. The summed E-state index contributed by atoms with van der Waals surface area (Å²) in [6.45, 7) is 6.76. The smallest absolute Gasteiger partial charge is 0.245 e. The van der Waals surface area contributed by atoms with Crippen LogP contribution in [0.1, 0.15) is 27.2 Å². The molecule has 2 aliphatic heterocycles. The molecule has 33 heavy (non-hydrogen) atoms. The van der Waals surface area contributed by atoms with E-state index in [9.17, 15) is 18.0 Å². The number of carbonyl (C=O) groups is 2. The average Bonchev–Trinajstić information content (AvgIpc) is 3.11. The summed E-state index contributed by atoms with van der Waals surface area (Å²) in [6.07, 6.45) is 0.155. The molecule has 4 rings (SSSR count). The fraction of sp³-hybridized carbons (Fsp3) is 0.478. The quantitative estimate of drug-likeness (QED) is 0.690. The zero-order chi connectivity index (χ0) is 23.9. The lowest BCUT2D eigenvalue weighted by Gasteiger charge is -2.38. The number of likely N-dealkylation sites (tertiary alicyclic amines) is 1. The molecule has 0 aromatic heterocycles. The number of benzene rings is 2. The van der Waals surface area contributed by atoms with Gasteiger partial charge in [-0.25, -0.2) is 8.42 Å². The Labute approximate surface area is 198 Å². The lowest BCUT2D eigenvalue weighted by molar-refractivity contribution is -0.151. The number of amides is 2. The first kappa shape index (κ1) is 23.9. The van der Waals surface area contributed by atoms with Gasteiger partial charge in [0.25, 0.3) is 0 Å². The molecule has 0 aliphatic carbocycles. The molecule has 10 heteroatoms. The molecule has 2 aliphatic rings. The third-order valence-corrected chi connectivity index (χ3v) is 7.88. The highest BCUT2D eigenvalue weighted by molar-refractivity contribution is 7.89. The first-order valence-electron chi connectivity index (χ1n) is 11.0. The third kappa shape index (κ3) is 5.01. The van der Waals surface area contributed by atoms with Gasteiger partial charge in [-0.2, -0.15) is 4.72 Å². The van der Waals surface area contributed by atoms with Crippen LogP contribution in [0, 0.1) is 0 Å². The monoisotopic (exact) mass is 493 g/mol. The van der Waals surface area contributed by atoms with Crippen LogP contribution < -0.4 is 4.72 Å². The number of sulfonamides is 1. The van der Waals surface area contributed by atoms with Crippen LogP contribution in [0.25, 0.3) is 10.8 Å². The van der Waals surface area contributed by atoms with Crippen LogP contribution in [0.5, 0.6) is 0 Å². The maximum atomic E-state index is 13.0. The zero-order valence-corrected chi connectivity index (χ0v) is 20.4. The number of fused-ring (bicyclic) bond motifs is 1. The van der Waals surface area contributed by atoms with E-state index in [1.807, 2.05) is 13.8 Å². The summed E-state index contributed by atoms with van der Waals surface area (Å²) in [5.74, 6) is -0.539. The summed E-state index contributed by atoms with van der Waals surface area (Å²) in [6, 6.07) is 8.35. The molecule has 0 spiro atoms. The Bertz CT molecular complexity index is 1180. The number of hydrogen-bond acceptors (Lipinski definition) is 5. The number of carbonyl (C=O) groups excluding carboxylic acids is 2. The summed E-state index contributed by atoms with van der Waals surface area (Å²) in [5, 5.41) is 2.12. The molecule has 0 radical (unpaired) electrons. The number of ether oxygens (including phenoxy) is 1. The van der Waals surface area contributed by atoms with Crippen molar-refractivity contribution in [2.75, 3.05) is 19.6 Å². The highest BCUT2D eigenvalue weighted by Crippen LogP contribution is 2.24. The minimum absolute atomic E-state index is 0.0725. The topological polar surface area (TPSA) is 96.0 Å². The van der Waals surface area contributed by atoms with E-state index in [0.717, 1.165) is 10.8 Å². The molecule has 1 N–H and O–H groups in total. The predicted molar refractivity (Wildman–Crippen MR) is 125 cm³/mol. The Morgan fingerprint density at radius 3 is 2.45 bits per heavy atom. The van der Waals surface area contributed by atoms with E-state index >= 15 is 0 Å². The number of rotatable bonds is 5. The first-order valence-corrected chi connectivity index (χ1v) is 12.9. The van der Waals surface area contributed by atoms with Crippen molar-refractivity contribution in [2.24, 2.45) is 0 Å². The van der Waals surface area contributed by atoms with Gasteiger partial charge in [0.05, 0.1) is 17.1 Å². The van der Waals surface area contributed by atoms with Gasteiger partial charge >= 0.3 is 0 Å². The summed E-state index contributed by atoms with van der Waals surface area (Å²) < 4.78 is 34.2. The average molecular weight is 494 g/mol. The van der Waals surface area contributed by atoms with Gasteiger partial charge < -0.3 is 14.5 Å². The zero-order valence-electron chi connectivity index (χ0n) is 18.8. The normalized spacial score (nSPS) is 25.0. The van der Waals surface area contributed by atoms with Crippen LogP contribution in [-0.2, 0) is 24.3 Å². The van der Waals surface area contributed by atoms with Gasteiger partial charge in [-0.05, 0) is 62.2 Å². The predicted octanol–water partition coefficient (Wildman–Crippen LogP) is 2.40. The van der Waals surface area contributed by atoms with E-state index in [4.69, 9.17) is 16.3 Å². The molecule has 2 amide bonds. The van der Waals surface area contributed by atoms with E-state index in [1.165, 1.54) is 11.0 Å². The van der Waals surface area contributed by atoms with Crippen molar-refractivity contribution in [3.05, 3.63) is 41.4 Å². The van der Waals surface area contributed by atoms with Crippen LogP contribution in [0.3, 0.4) is 0 Å². The Balaban J connectivity index is 1.45. The Hall–Kier alpha value is -2.20. The third-order valence-electron chi connectivity index (χ3n) is 6.18. The maximum Gasteiger partial charge on any atom is 0.245 e. The van der Waals surface area contributed by atoms with Crippen molar-refractivity contribution < 1.29 is 22.7 Å². The molecule has 2 saturated heterocycles. The maximum absolute atomic E-state index is 13.0. The number of nitrogens with one attached hydrogen (secondary N) is 1. The van der Waals surface area contributed by atoms with Gasteiger partial charge in [-0.3, -0.25) is 9.59 Å². The van der Waals surface area contributed by atoms with Gasteiger partial charge in [0.15, 0.2) is 0 Å². The molecule has 2 aromatic rings. The second-order valence-corrected chi connectivity index (χ2v) is 11.0. The minimum Gasteiger partial charge on any atom is -0.372 e. The SMILES string of the molecule is C[C@@H]1CN(C(=O)[C@H](C)N2CC[C@H](NS(=O)(=O)c3ccc4cc(Cl)ccc4c3)C2=O)C[C@H](C)O1. The van der Waals surface area contributed by atoms with Crippen LogP contribution in [0.4, 0.5) is 0 Å². The van der Waals surface area contributed by atoms with Gasteiger partial charge in [0.2, 0.25) is 21.8 Å². The van der Waals surface area contributed by atoms with Crippen molar-refractivity contribution >= 4 is 44.2 Å². The summed E-state index contributed by atoms with van der Waals surface area (Å²) in [5.41, 5.74) is 0. The lowest BCUT2D eigenvalue weighted by Crippen LogP contribution is -2.55. The molecule has 2 aromatic carbocycles. The molecule has 0 unspecified atom stereocenters. The highest BCUT2D eigenvalue weighted by Gasteiger charge is 2.41. The fourth-order valence-electron chi connectivity index (χ4n) is 4.57. The standard InChI is InChI=1S/C23H28ClN3O5S/c1-14-12-26(13-15(2)32-14)22(28)16(3)27-9-8-21(23(27)29)25-33(30,31)20-7-5-17-10-19(24)6-4-18(17)11-20/h4-7,10-11,14-16,21,25H,8-9,12-13H2,1-3H3/t14-,15+,16-,21-/m0/s1. The molecular weight excluding hydrogens is 466 g/mol. The van der Waals surface area contributed by atoms with Crippen LogP contribution in [0.2, 0.25) is 5.02 Å². The summed E-state index contributed by atoms with van der Waals surface area (Å²) in [4.78, 5) is 29.3. The second-order valence-electron chi connectivity index (χ2n) is 8.82. The van der Waals surface area contributed by atoms with Gasteiger partial charge in [0, 0.05) is 24.7 Å². The number of halogens is 1. The molecule has 0 saturated carbocycles. The van der Waals surface area contributed by atoms with E-state index in [0.29, 0.717) is 31.1 Å². The largest absolute Gasteiger partial charge is 0.372 e. The van der Waals surface area contributed by atoms with Crippen LogP contribution in [0.15, 0.2) is 41.3 Å². The molecule has 8 nitrogen and oxygen atoms in total. The van der Waals surface area contributed by atoms with E-state index in [-0.39, 0.29) is 28.9 Å². The van der Waals surface area contributed by atoms with Gasteiger partial charge in [-0.15, -0.1) is 0 Å². The molecule has 2 heterocycles. The highest BCUT2D eigenvalue weighted by atomic mass is 35.5. The number of hydrogen-bond donors (Lipinski definition) is 1. The Morgan fingerprint density at radius 1 is 1.12 bits per heavy atom. The summed E-state index contributed by atoms with van der Waals surface area (Å²) in [7, 11) is -3.92. The Morgan fingerprint density at radius 2 is 1.76 bits per heavy atom. The van der Waals surface area contributed by atoms with Gasteiger partial charge in [-0.1, -0.05) is 23.7 Å². The van der Waals surface area contributed by atoms with Crippen molar-refractivity contribution in [3.8, 4) is 0 Å². The molecule has 0 bridgehead atoms. The number of nitrogens with zero attached hydrogens (tertiary/aromatic N) is 2. The molecular formula is C23H28ClN3O5S. The second kappa shape index (κ2) is 9.21. The van der Waals surface area contributed by atoms with E-state index in [1.54, 1.807) is 42.2 Å². The van der Waals surface area contributed by atoms with Gasteiger partial charge in [0.1, 0.15) is 12.1 Å². The van der Waals surface area contributed by atoms with Crippen molar-refractivity contribution in [2.45, 2.75) is 56.4 Å². The van der Waals surface area contributed by atoms with E-state index < -0.39 is 22.1 Å². The molecule has 4 atom stereocenters.